The fourth-order valence-corrected chi connectivity index (χ4v) is 3.78. The van der Waals surface area contributed by atoms with Gasteiger partial charge in [0.25, 0.3) is 5.91 Å². The van der Waals surface area contributed by atoms with Crippen LogP contribution in [0.2, 0.25) is 0 Å². The fraction of sp³-hybridized carbons (Fsp3) is 0.583. The Bertz CT molecular complexity index is 636. The minimum atomic E-state index is -0.320. The normalized spacial score (nSPS) is 18.8. The maximum absolute atomic E-state index is 12.5. The first-order valence-corrected chi connectivity index (χ1v) is 10.9. The first-order valence-electron chi connectivity index (χ1n) is 10.9. The monoisotopic (exact) mass is 381 g/mol. The van der Waals surface area contributed by atoms with Crippen LogP contribution in [0.1, 0.15) is 89.2 Å². The summed E-state index contributed by atoms with van der Waals surface area (Å²) in [5, 5.41) is 15.7. The lowest BCUT2D eigenvalue weighted by Crippen LogP contribution is -2.30. The zero-order valence-electron chi connectivity index (χ0n) is 17.3. The van der Waals surface area contributed by atoms with Crippen LogP contribution in [-0.2, 0) is 4.79 Å². The molecule has 0 spiro atoms. The molecule has 4 nitrogen and oxygen atoms in total. The molecule has 4 heteroatoms. The summed E-state index contributed by atoms with van der Waals surface area (Å²) in [4.78, 5) is 12.5. The molecule has 1 aliphatic rings. The van der Waals surface area contributed by atoms with E-state index < -0.39 is 0 Å². The Morgan fingerprint density at radius 2 is 1.54 bits per heavy atom. The lowest BCUT2D eigenvalue weighted by Gasteiger charge is -2.19. The summed E-state index contributed by atoms with van der Waals surface area (Å²) < 4.78 is 0. The quantitative estimate of drug-likeness (QED) is 0.520. The zero-order valence-corrected chi connectivity index (χ0v) is 17.3. The predicted molar refractivity (Wildman–Crippen MR) is 114 cm³/mol. The van der Waals surface area contributed by atoms with Gasteiger partial charge in [0.15, 0.2) is 0 Å². The molecule has 0 saturated heterocycles. The predicted octanol–water partition coefficient (Wildman–Crippen LogP) is 5.53. The molecule has 0 bridgehead atoms. The van der Waals surface area contributed by atoms with Gasteiger partial charge in [0, 0.05) is 12.2 Å². The van der Waals surface area contributed by atoms with Crippen LogP contribution in [0, 0.1) is 11.3 Å². The van der Waals surface area contributed by atoms with Crippen LogP contribution in [0.5, 0.6) is 0 Å². The van der Waals surface area contributed by atoms with E-state index in [2.05, 4.69) is 16.7 Å². The van der Waals surface area contributed by atoms with E-state index in [-0.39, 0.29) is 17.5 Å². The topological polar surface area (TPSA) is 64.9 Å². The van der Waals surface area contributed by atoms with Gasteiger partial charge in [-0.05, 0) is 25.3 Å². The summed E-state index contributed by atoms with van der Waals surface area (Å²) in [5.74, 6) is -0.320. The molecule has 152 valence electrons. The van der Waals surface area contributed by atoms with E-state index in [0.29, 0.717) is 6.04 Å². The van der Waals surface area contributed by atoms with Gasteiger partial charge < -0.3 is 10.6 Å². The van der Waals surface area contributed by atoms with Gasteiger partial charge in [-0.25, -0.2) is 0 Å². The van der Waals surface area contributed by atoms with Gasteiger partial charge in [-0.2, -0.15) is 5.26 Å². The second kappa shape index (κ2) is 13.0. The van der Waals surface area contributed by atoms with Crippen molar-refractivity contribution in [1.29, 1.82) is 5.26 Å². The fourth-order valence-electron chi connectivity index (χ4n) is 3.78. The molecule has 2 rings (SSSR count). The second-order valence-electron chi connectivity index (χ2n) is 7.90. The van der Waals surface area contributed by atoms with Crippen molar-refractivity contribution in [2.45, 2.75) is 89.6 Å². The number of nitriles is 1. The highest BCUT2D eigenvalue weighted by Gasteiger charge is 2.15. The number of nitrogens with one attached hydrogen (secondary N) is 2. The summed E-state index contributed by atoms with van der Waals surface area (Å²) in [6.07, 6.45) is 15.6. The molecule has 1 aromatic rings. The van der Waals surface area contributed by atoms with Gasteiger partial charge in [-0.3, -0.25) is 4.79 Å². The van der Waals surface area contributed by atoms with Crippen molar-refractivity contribution in [2.24, 2.45) is 0 Å². The summed E-state index contributed by atoms with van der Waals surface area (Å²) in [5.41, 5.74) is 1.18. The largest absolute Gasteiger partial charge is 0.387 e. The Morgan fingerprint density at radius 1 is 1.00 bits per heavy atom. The zero-order chi connectivity index (χ0) is 20.0. The molecule has 1 saturated carbocycles. The SMILES string of the molecule is CC(NC(=O)/C(C#N)=C\NC1CCCCCCCCCCC1)c1ccccc1. The number of amides is 1. The molecule has 1 aromatic carbocycles. The van der Waals surface area contributed by atoms with Gasteiger partial charge in [0.05, 0.1) is 6.04 Å². The number of carbonyl (C=O) groups excluding carboxylic acids is 1. The van der Waals surface area contributed by atoms with Crippen molar-refractivity contribution in [1.82, 2.24) is 10.6 Å². The van der Waals surface area contributed by atoms with Crippen molar-refractivity contribution in [3.8, 4) is 6.07 Å². The van der Waals surface area contributed by atoms with Crippen molar-refractivity contribution >= 4 is 5.91 Å². The molecule has 2 N–H and O–H groups in total. The Kier molecular flexibility index (Phi) is 10.2. The van der Waals surface area contributed by atoms with E-state index >= 15 is 0 Å². The average molecular weight is 382 g/mol. The Hall–Kier alpha value is -2.28. The van der Waals surface area contributed by atoms with Crippen molar-refractivity contribution in [3.63, 3.8) is 0 Å². The Labute approximate surface area is 170 Å². The van der Waals surface area contributed by atoms with E-state index in [9.17, 15) is 10.1 Å². The van der Waals surface area contributed by atoms with Gasteiger partial charge in [-0.15, -0.1) is 0 Å². The van der Waals surface area contributed by atoms with E-state index in [1.807, 2.05) is 37.3 Å². The molecular weight excluding hydrogens is 346 g/mol. The third-order valence-electron chi connectivity index (χ3n) is 5.58. The molecular formula is C24H35N3O. The van der Waals surface area contributed by atoms with Crippen LogP contribution in [0.25, 0.3) is 0 Å². The van der Waals surface area contributed by atoms with Crippen molar-refractivity contribution in [3.05, 3.63) is 47.7 Å². The number of hydrogen-bond acceptors (Lipinski definition) is 3. The first kappa shape index (κ1) is 22.0. The maximum Gasteiger partial charge on any atom is 0.263 e. The number of carbonyl (C=O) groups is 1. The van der Waals surface area contributed by atoms with Crippen molar-refractivity contribution in [2.75, 3.05) is 0 Å². The van der Waals surface area contributed by atoms with Gasteiger partial charge in [0.2, 0.25) is 0 Å². The van der Waals surface area contributed by atoms with Crippen LogP contribution in [0.4, 0.5) is 0 Å². The standard InChI is InChI=1S/C24H35N3O/c1-20(21-14-10-9-11-15-21)27-24(28)22(18-25)19-26-23-16-12-7-5-3-2-4-6-8-13-17-23/h9-11,14-15,19-20,23,26H,2-8,12-13,16-17H2,1H3,(H,27,28)/b22-19-. The van der Waals surface area contributed by atoms with E-state index in [4.69, 9.17) is 0 Å². The molecule has 1 aliphatic carbocycles. The van der Waals surface area contributed by atoms with E-state index in [1.165, 1.54) is 57.8 Å². The molecule has 0 radical (unpaired) electrons. The minimum absolute atomic E-state index is 0.133. The lowest BCUT2D eigenvalue weighted by molar-refractivity contribution is -0.117. The number of benzene rings is 1. The minimum Gasteiger partial charge on any atom is -0.387 e. The van der Waals surface area contributed by atoms with Crippen LogP contribution >= 0.6 is 0 Å². The van der Waals surface area contributed by atoms with Crippen LogP contribution < -0.4 is 10.6 Å². The number of hydrogen-bond donors (Lipinski definition) is 2. The molecule has 1 amide bonds. The number of rotatable bonds is 5. The number of nitrogens with zero attached hydrogens (tertiary/aromatic N) is 1. The molecule has 0 aromatic heterocycles. The lowest BCUT2D eigenvalue weighted by atomic mass is 9.98. The van der Waals surface area contributed by atoms with Gasteiger partial charge in [-0.1, -0.05) is 88.1 Å². The van der Waals surface area contributed by atoms with E-state index in [0.717, 1.165) is 18.4 Å². The average Bonchev–Trinajstić information content (AvgIpc) is 2.70. The third-order valence-corrected chi connectivity index (χ3v) is 5.58. The molecule has 1 atom stereocenters. The second-order valence-corrected chi connectivity index (χ2v) is 7.90. The highest BCUT2D eigenvalue weighted by molar-refractivity contribution is 5.97. The summed E-state index contributed by atoms with van der Waals surface area (Å²) in [7, 11) is 0. The summed E-state index contributed by atoms with van der Waals surface area (Å²) in [6, 6.07) is 12.1. The summed E-state index contributed by atoms with van der Waals surface area (Å²) >= 11 is 0. The van der Waals surface area contributed by atoms with E-state index in [1.54, 1.807) is 6.20 Å². The maximum atomic E-state index is 12.5. The molecule has 0 aliphatic heterocycles. The molecule has 1 fully saturated rings. The van der Waals surface area contributed by atoms with Crippen LogP contribution in [-0.4, -0.2) is 11.9 Å². The van der Waals surface area contributed by atoms with Crippen LogP contribution in [0.15, 0.2) is 42.1 Å². The highest BCUT2D eigenvalue weighted by atomic mass is 16.1. The first-order chi connectivity index (χ1) is 13.7. The van der Waals surface area contributed by atoms with Crippen molar-refractivity contribution < 1.29 is 4.79 Å². The highest BCUT2D eigenvalue weighted by Crippen LogP contribution is 2.17. The van der Waals surface area contributed by atoms with Crippen LogP contribution in [0.3, 0.4) is 0 Å². The molecule has 28 heavy (non-hydrogen) atoms. The molecule has 1 unspecified atom stereocenters. The van der Waals surface area contributed by atoms with Gasteiger partial charge in [0.1, 0.15) is 11.6 Å². The van der Waals surface area contributed by atoms with Gasteiger partial charge >= 0.3 is 0 Å². The third kappa shape index (κ3) is 8.17. The smallest absolute Gasteiger partial charge is 0.263 e. The Balaban J connectivity index is 1.89. The Morgan fingerprint density at radius 3 is 2.07 bits per heavy atom. The molecule has 0 heterocycles. The summed E-state index contributed by atoms with van der Waals surface area (Å²) in [6.45, 7) is 1.93.